The standard InChI is InChI=1S/C36H40ClN3O4/c1-24(2)12-17-31(25-13-15-26(16-14-25)34(43)38-21-18-32(41)42)40-35(44)33(39-36(40)19-4-3-5-20-36)29-10-6-8-27(22-29)28-9-7-11-30(37)23-28/h6-11,13-16,22-24,31H,3-5,12,17-21H2,1-2H3,(H,38,43)(H,41,42). The van der Waals surface area contributed by atoms with E-state index < -0.39 is 11.6 Å². The van der Waals surface area contributed by atoms with Crippen LogP contribution >= 0.6 is 11.6 Å². The highest BCUT2D eigenvalue weighted by atomic mass is 35.5. The van der Waals surface area contributed by atoms with Crippen LogP contribution in [-0.4, -0.2) is 45.7 Å². The summed E-state index contributed by atoms with van der Waals surface area (Å²) >= 11 is 6.28. The Labute approximate surface area is 264 Å². The fourth-order valence-corrected chi connectivity index (χ4v) is 6.59. The zero-order valence-electron chi connectivity index (χ0n) is 25.4. The molecule has 0 saturated heterocycles. The van der Waals surface area contributed by atoms with Gasteiger partial charge in [0, 0.05) is 22.7 Å². The largest absolute Gasteiger partial charge is 0.481 e. The highest BCUT2D eigenvalue weighted by Gasteiger charge is 2.50. The highest BCUT2D eigenvalue weighted by molar-refractivity contribution is 6.47. The number of hydrogen-bond donors (Lipinski definition) is 2. The van der Waals surface area contributed by atoms with Gasteiger partial charge in [0.05, 0.1) is 12.5 Å². The van der Waals surface area contributed by atoms with Crippen LogP contribution < -0.4 is 5.32 Å². The first-order chi connectivity index (χ1) is 21.2. The SMILES string of the molecule is CC(C)CCC(c1ccc(C(=O)NCCC(=O)O)cc1)N1C(=O)C(c2cccc(-c3cccc(Cl)c3)c2)=NC12CCCCC2. The topological polar surface area (TPSA) is 99.1 Å². The van der Waals surface area contributed by atoms with Gasteiger partial charge in [-0.3, -0.25) is 19.4 Å². The summed E-state index contributed by atoms with van der Waals surface area (Å²) in [6.45, 7) is 4.44. The van der Waals surface area contributed by atoms with Crippen LogP contribution in [0.5, 0.6) is 0 Å². The molecule has 0 bridgehead atoms. The first-order valence-electron chi connectivity index (χ1n) is 15.6. The second-order valence-electron chi connectivity index (χ2n) is 12.3. The number of amides is 2. The molecule has 44 heavy (non-hydrogen) atoms. The summed E-state index contributed by atoms with van der Waals surface area (Å²) in [6, 6.07) is 22.9. The van der Waals surface area contributed by atoms with E-state index >= 15 is 0 Å². The Balaban J connectivity index is 1.49. The normalized spacial score (nSPS) is 16.7. The maximum absolute atomic E-state index is 14.6. The Morgan fingerprint density at radius 3 is 2.25 bits per heavy atom. The summed E-state index contributed by atoms with van der Waals surface area (Å²) in [5, 5.41) is 12.2. The Kier molecular flexibility index (Phi) is 9.84. The number of hydrogen-bond acceptors (Lipinski definition) is 4. The van der Waals surface area contributed by atoms with Crippen LogP contribution in [0.25, 0.3) is 11.1 Å². The van der Waals surface area contributed by atoms with Gasteiger partial charge < -0.3 is 15.3 Å². The maximum atomic E-state index is 14.6. The molecule has 2 amide bonds. The molecule has 230 valence electrons. The molecule has 8 heteroatoms. The van der Waals surface area contributed by atoms with Crippen molar-refractivity contribution in [2.45, 2.75) is 76.9 Å². The summed E-state index contributed by atoms with van der Waals surface area (Å²) in [4.78, 5) is 45.4. The molecule has 7 nitrogen and oxygen atoms in total. The molecule has 0 aromatic heterocycles. The summed E-state index contributed by atoms with van der Waals surface area (Å²) in [5.74, 6) is -0.882. The number of carboxylic acid groups (broad SMARTS) is 1. The average Bonchev–Trinajstić information content (AvgIpc) is 3.28. The van der Waals surface area contributed by atoms with Crippen molar-refractivity contribution in [1.82, 2.24) is 10.2 Å². The van der Waals surface area contributed by atoms with Gasteiger partial charge in [-0.15, -0.1) is 0 Å². The van der Waals surface area contributed by atoms with Crippen molar-refractivity contribution in [2.75, 3.05) is 6.54 Å². The lowest BCUT2D eigenvalue weighted by Gasteiger charge is -2.44. The Morgan fingerprint density at radius 1 is 0.932 bits per heavy atom. The van der Waals surface area contributed by atoms with Crippen LogP contribution in [0.4, 0.5) is 0 Å². The van der Waals surface area contributed by atoms with Gasteiger partial charge in [-0.25, -0.2) is 0 Å². The second kappa shape index (κ2) is 13.8. The van der Waals surface area contributed by atoms with Crippen molar-refractivity contribution in [2.24, 2.45) is 10.9 Å². The average molecular weight is 614 g/mol. The van der Waals surface area contributed by atoms with Crippen molar-refractivity contribution < 1.29 is 19.5 Å². The van der Waals surface area contributed by atoms with E-state index in [0.29, 0.717) is 22.2 Å². The molecular formula is C36H40ClN3O4. The molecule has 1 saturated carbocycles. The van der Waals surface area contributed by atoms with Crippen LogP contribution in [0, 0.1) is 5.92 Å². The predicted molar refractivity (Wildman–Crippen MR) is 174 cm³/mol. The van der Waals surface area contributed by atoms with Crippen molar-refractivity contribution >= 4 is 35.1 Å². The number of halogens is 1. The Bertz CT molecular complexity index is 1540. The van der Waals surface area contributed by atoms with E-state index in [4.69, 9.17) is 21.7 Å². The van der Waals surface area contributed by atoms with E-state index in [1.54, 1.807) is 12.1 Å². The number of benzene rings is 3. The lowest BCUT2D eigenvalue weighted by atomic mass is 9.85. The summed E-state index contributed by atoms with van der Waals surface area (Å²) < 4.78 is 0. The van der Waals surface area contributed by atoms with Crippen molar-refractivity contribution in [3.8, 4) is 11.1 Å². The predicted octanol–water partition coefficient (Wildman–Crippen LogP) is 7.68. The molecule has 1 heterocycles. The van der Waals surface area contributed by atoms with Crippen LogP contribution in [-0.2, 0) is 9.59 Å². The lowest BCUT2D eigenvalue weighted by Crippen LogP contribution is -2.50. The van der Waals surface area contributed by atoms with Crippen LogP contribution in [0.15, 0.2) is 77.8 Å². The fraction of sp³-hybridized carbons (Fsp3) is 0.389. The molecule has 1 unspecified atom stereocenters. The van der Waals surface area contributed by atoms with Crippen molar-refractivity contribution in [1.29, 1.82) is 0 Å². The molecule has 1 atom stereocenters. The number of nitrogens with one attached hydrogen (secondary N) is 1. The van der Waals surface area contributed by atoms with Crippen molar-refractivity contribution in [3.63, 3.8) is 0 Å². The molecule has 1 aliphatic carbocycles. The van der Waals surface area contributed by atoms with E-state index in [2.05, 4.69) is 24.1 Å². The minimum absolute atomic E-state index is 0.0561. The number of aliphatic carboxylic acids is 1. The van der Waals surface area contributed by atoms with E-state index in [-0.39, 0.29) is 30.8 Å². The van der Waals surface area contributed by atoms with Gasteiger partial charge in [0.15, 0.2) is 0 Å². The molecule has 2 N–H and O–H groups in total. The number of carbonyl (C=O) groups excluding carboxylic acids is 2. The quantitative estimate of drug-likeness (QED) is 0.232. The van der Waals surface area contributed by atoms with Gasteiger partial charge in [-0.2, -0.15) is 0 Å². The monoisotopic (exact) mass is 613 g/mol. The zero-order chi connectivity index (χ0) is 31.3. The first-order valence-corrected chi connectivity index (χ1v) is 15.9. The summed E-state index contributed by atoms with van der Waals surface area (Å²) in [5.41, 5.74) is 4.08. The van der Waals surface area contributed by atoms with Gasteiger partial charge in [0.25, 0.3) is 11.8 Å². The third-order valence-electron chi connectivity index (χ3n) is 8.65. The molecule has 1 spiro atoms. The number of carboxylic acids is 1. The number of aliphatic imine (C=N–C) groups is 1. The number of carbonyl (C=O) groups is 3. The molecular weight excluding hydrogens is 574 g/mol. The van der Waals surface area contributed by atoms with Crippen molar-refractivity contribution in [3.05, 3.63) is 94.5 Å². The smallest absolute Gasteiger partial charge is 0.305 e. The molecule has 1 aliphatic heterocycles. The van der Waals surface area contributed by atoms with Gasteiger partial charge in [0.2, 0.25) is 0 Å². The first kappa shape index (κ1) is 31.5. The van der Waals surface area contributed by atoms with Gasteiger partial charge in [0.1, 0.15) is 11.4 Å². The zero-order valence-corrected chi connectivity index (χ0v) is 26.1. The van der Waals surface area contributed by atoms with E-state index in [1.807, 2.05) is 60.7 Å². The minimum atomic E-state index is -0.960. The lowest BCUT2D eigenvalue weighted by molar-refractivity contribution is -0.137. The third kappa shape index (κ3) is 7.05. The van der Waals surface area contributed by atoms with E-state index in [9.17, 15) is 14.4 Å². The highest BCUT2D eigenvalue weighted by Crippen LogP contribution is 2.46. The van der Waals surface area contributed by atoms with E-state index in [1.165, 1.54) is 0 Å². The van der Waals surface area contributed by atoms with Crippen LogP contribution in [0.2, 0.25) is 5.02 Å². The molecule has 5 rings (SSSR count). The summed E-state index contributed by atoms with van der Waals surface area (Å²) in [6.07, 6.45) is 6.36. The number of rotatable bonds is 11. The minimum Gasteiger partial charge on any atom is -0.481 e. The molecule has 2 aliphatic rings. The van der Waals surface area contributed by atoms with Crippen LogP contribution in [0.1, 0.15) is 92.7 Å². The van der Waals surface area contributed by atoms with Gasteiger partial charge in [-0.05, 0) is 91.5 Å². The van der Waals surface area contributed by atoms with E-state index in [0.717, 1.165) is 67.2 Å². The Morgan fingerprint density at radius 2 is 1.59 bits per heavy atom. The summed E-state index contributed by atoms with van der Waals surface area (Å²) in [7, 11) is 0. The van der Waals surface area contributed by atoms with Gasteiger partial charge >= 0.3 is 5.97 Å². The molecule has 0 radical (unpaired) electrons. The maximum Gasteiger partial charge on any atom is 0.305 e. The van der Waals surface area contributed by atoms with Crippen LogP contribution in [0.3, 0.4) is 0 Å². The number of nitrogens with zero attached hydrogens (tertiary/aromatic N) is 2. The molecule has 3 aromatic rings. The molecule has 1 fully saturated rings. The second-order valence-corrected chi connectivity index (χ2v) is 12.7. The van der Waals surface area contributed by atoms with Gasteiger partial charge in [-0.1, -0.05) is 74.3 Å². The third-order valence-corrected chi connectivity index (χ3v) is 8.88. The molecule has 3 aromatic carbocycles. The fourth-order valence-electron chi connectivity index (χ4n) is 6.40. The Hall–Kier alpha value is -3.97.